The van der Waals surface area contributed by atoms with Crippen LogP contribution in [0.4, 0.5) is 0 Å². The molecule has 0 spiro atoms. The molecule has 0 bridgehead atoms. The molecule has 0 aliphatic heterocycles. The molecule has 1 aromatic rings. The van der Waals surface area contributed by atoms with Gasteiger partial charge in [-0.05, 0) is 31.2 Å². The molecule has 1 aromatic heterocycles. The highest BCUT2D eigenvalue weighted by atomic mass is 15.3. The predicted octanol–water partition coefficient (Wildman–Crippen LogP) is 3.63. The average molecular weight is 277 g/mol. The molecule has 1 aliphatic rings. The lowest BCUT2D eigenvalue weighted by Crippen LogP contribution is -2.27. The Morgan fingerprint density at radius 1 is 1.35 bits per heavy atom. The third-order valence-electron chi connectivity index (χ3n) is 4.41. The molecule has 0 saturated heterocycles. The van der Waals surface area contributed by atoms with E-state index in [1.807, 2.05) is 11.7 Å². The van der Waals surface area contributed by atoms with Crippen molar-refractivity contribution in [1.82, 2.24) is 15.1 Å². The van der Waals surface area contributed by atoms with Crippen molar-refractivity contribution in [2.24, 2.45) is 18.9 Å². The van der Waals surface area contributed by atoms with Gasteiger partial charge in [-0.25, -0.2) is 0 Å². The van der Waals surface area contributed by atoms with Crippen molar-refractivity contribution < 1.29 is 0 Å². The molecule has 0 amide bonds. The van der Waals surface area contributed by atoms with Gasteiger partial charge in [0, 0.05) is 30.8 Å². The molecule has 2 unspecified atom stereocenters. The maximum Gasteiger partial charge on any atom is 0.0722 e. The monoisotopic (exact) mass is 277 g/mol. The molecule has 0 radical (unpaired) electrons. The Kier molecular flexibility index (Phi) is 4.90. The molecule has 2 rings (SSSR count). The van der Waals surface area contributed by atoms with Gasteiger partial charge < -0.3 is 5.32 Å². The van der Waals surface area contributed by atoms with Crippen LogP contribution in [0.1, 0.15) is 64.6 Å². The van der Waals surface area contributed by atoms with Crippen LogP contribution in [0.2, 0.25) is 0 Å². The van der Waals surface area contributed by atoms with Crippen LogP contribution in [-0.4, -0.2) is 16.3 Å². The molecule has 1 saturated carbocycles. The first-order valence-electron chi connectivity index (χ1n) is 8.10. The average Bonchev–Trinajstić information content (AvgIpc) is 2.70. The van der Waals surface area contributed by atoms with E-state index in [1.54, 1.807) is 0 Å². The van der Waals surface area contributed by atoms with Gasteiger partial charge in [0.15, 0.2) is 0 Å². The minimum atomic E-state index is 0.123. The summed E-state index contributed by atoms with van der Waals surface area (Å²) < 4.78 is 1.94. The van der Waals surface area contributed by atoms with Gasteiger partial charge in [0.1, 0.15) is 0 Å². The van der Waals surface area contributed by atoms with Gasteiger partial charge in [0.25, 0.3) is 0 Å². The molecule has 20 heavy (non-hydrogen) atoms. The van der Waals surface area contributed by atoms with E-state index in [0.29, 0.717) is 0 Å². The lowest BCUT2D eigenvalue weighted by molar-refractivity contribution is 0.274. The van der Waals surface area contributed by atoms with Crippen molar-refractivity contribution in [3.8, 4) is 0 Å². The molecular weight excluding hydrogens is 246 g/mol. The van der Waals surface area contributed by atoms with Crippen LogP contribution in [0, 0.1) is 11.8 Å². The van der Waals surface area contributed by atoms with Gasteiger partial charge in [0.2, 0.25) is 0 Å². The highest BCUT2D eigenvalue weighted by molar-refractivity contribution is 5.23. The second kappa shape index (κ2) is 6.30. The van der Waals surface area contributed by atoms with Crippen LogP contribution >= 0.6 is 0 Å². The van der Waals surface area contributed by atoms with E-state index in [4.69, 9.17) is 0 Å². The van der Waals surface area contributed by atoms with Crippen molar-refractivity contribution >= 4 is 0 Å². The highest BCUT2D eigenvalue weighted by Crippen LogP contribution is 2.28. The Morgan fingerprint density at radius 3 is 2.75 bits per heavy atom. The molecule has 1 heterocycles. The number of hydrogen-bond acceptors (Lipinski definition) is 2. The van der Waals surface area contributed by atoms with Crippen molar-refractivity contribution in [3.05, 3.63) is 17.5 Å². The number of aromatic nitrogens is 2. The summed E-state index contributed by atoms with van der Waals surface area (Å²) >= 11 is 0. The Balaban J connectivity index is 1.88. The lowest BCUT2D eigenvalue weighted by Gasteiger charge is -2.27. The van der Waals surface area contributed by atoms with Crippen LogP contribution in [0.15, 0.2) is 6.20 Å². The largest absolute Gasteiger partial charge is 0.312 e. The second-order valence-corrected chi connectivity index (χ2v) is 7.70. The van der Waals surface area contributed by atoms with Crippen LogP contribution in [-0.2, 0) is 19.0 Å². The van der Waals surface area contributed by atoms with Crippen LogP contribution in [0.3, 0.4) is 0 Å². The maximum absolute atomic E-state index is 4.64. The zero-order valence-corrected chi connectivity index (χ0v) is 13.9. The fourth-order valence-corrected chi connectivity index (χ4v) is 3.45. The van der Waals surface area contributed by atoms with Crippen molar-refractivity contribution in [3.63, 3.8) is 0 Å². The molecule has 0 aromatic carbocycles. The molecule has 114 valence electrons. The fourth-order valence-electron chi connectivity index (χ4n) is 3.45. The summed E-state index contributed by atoms with van der Waals surface area (Å²) in [5.41, 5.74) is 2.70. The van der Waals surface area contributed by atoms with Crippen molar-refractivity contribution in [2.75, 3.05) is 6.54 Å². The first-order chi connectivity index (χ1) is 9.36. The highest BCUT2D eigenvalue weighted by Gasteiger charge is 2.22. The number of nitrogens with one attached hydrogen (secondary N) is 1. The van der Waals surface area contributed by atoms with E-state index in [2.05, 4.69) is 44.3 Å². The molecule has 3 heteroatoms. The molecule has 1 N–H and O–H groups in total. The first kappa shape index (κ1) is 15.6. The predicted molar refractivity (Wildman–Crippen MR) is 84.7 cm³/mol. The Morgan fingerprint density at radius 2 is 2.10 bits per heavy atom. The Hall–Kier alpha value is -0.830. The third-order valence-corrected chi connectivity index (χ3v) is 4.41. The van der Waals surface area contributed by atoms with E-state index in [0.717, 1.165) is 24.9 Å². The quantitative estimate of drug-likeness (QED) is 0.910. The summed E-state index contributed by atoms with van der Waals surface area (Å²) in [7, 11) is 2.02. The van der Waals surface area contributed by atoms with Crippen molar-refractivity contribution in [2.45, 2.75) is 65.3 Å². The molecule has 2 atom stereocenters. The minimum absolute atomic E-state index is 0.123. The summed E-state index contributed by atoms with van der Waals surface area (Å²) in [6.45, 7) is 11.2. The summed E-state index contributed by atoms with van der Waals surface area (Å²) in [6.07, 6.45) is 7.79. The number of aryl methyl sites for hydroxylation is 1. The van der Waals surface area contributed by atoms with E-state index < -0.39 is 0 Å². The van der Waals surface area contributed by atoms with Crippen LogP contribution in [0.25, 0.3) is 0 Å². The van der Waals surface area contributed by atoms with Gasteiger partial charge in [-0.3, -0.25) is 4.68 Å². The molecule has 1 aliphatic carbocycles. The van der Waals surface area contributed by atoms with Gasteiger partial charge in [-0.1, -0.05) is 40.5 Å². The summed E-state index contributed by atoms with van der Waals surface area (Å²) in [5, 5.41) is 8.30. The summed E-state index contributed by atoms with van der Waals surface area (Å²) in [5.74, 6) is 1.78. The SMILES string of the molecule is CC1CCCC(CNCc2cn(C)nc2C(C)(C)C)C1. The van der Waals surface area contributed by atoms with E-state index in [9.17, 15) is 0 Å². The molecule has 3 nitrogen and oxygen atoms in total. The zero-order valence-electron chi connectivity index (χ0n) is 13.9. The topological polar surface area (TPSA) is 29.9 Å². The smallest absolute Gasteiger partial charge is 0.0722 e. The van der Waals surface area contributed by atoms with Gasteiger partial charge in [0.05, 0.1) is 5.69 Å². The number of rotatable bonds is 4. The Bertz CT molecular complexity index is 428. The van der Waals surface area contributed by atoms with E-state index in [1.165, 1.54) is 36.9 Å². The zero-order chi connectivity index (χ0) is 14.8. The minimum Gasteiger partial charge on any atom is -0.312 e. The third kappa shape index (κ3) is 4.08. The Labute approximate surface area is 124 Å². The molecule has 1 fully saturated rings. The van der Waals surface area contributed by atoms with Gasteiger partial charge >= 0.3 is 0 Å². The normalized spacial score (nSPS) is 24.1. The van der Waals surface area contributed by atoms with Gasteiger partial charge in [-0.2, -0.15) is 5.10 Å². The van der Waals surface area contributed by atoms with Crippen molar-refractivity contribution in [1.29, 1.82) is 0 Å². The fraction of sp³-hybridized carbons (Fsp3) is 0.824. The first-order valence-corrected chi connectivity index (χ1v) is 8.10. The lowest BCUT2D eigenvalue weighted by atomic mass is 9.82. The van der Waals surface area contributed by atoms with E-state index >= 15 is 0 Å². The summed E-state index contributed by atoms with van der Waals surface area (Å²) in [6, 6.07) is 0. The number of nitrogens with zero attached hydrogens (tertiary/aromatic N) is 2. The second-order valence-electron chi connectivity index (χ2n) is 7.70. The standard InChI is InChI=1S/C17H31N3/c1-13-7-6-8-14(9-13)10-18-11-15-12-20(5)19-16(15)17(2,3)4/h12-14,18H,6-11H2,1-5H3. The summed E-state index contributed by atoms with van der Waals surface area (Å²) in [4.78, 5) is 0. The van der Waals surface area contributed by atoms with Crippen LogP contribution in [0.5, 0.6) is 0 Å². The van der Waals surface area contributed by atoms with Gasteiger partial charge in [-0.15, -0.1) is 0 Å². The number of hydrogen-bond donors (Lipinski definition) is 1. The van der Waals surface area contributed by atoms with Crippen LogP contribution < -0.4 is 5.32 Å². The molecular formula is C17H31N3. The van der Waals surface area contributed by atoms with E-state index in [-0.39, 0.29) is 5.41 Å². The maximum atomic E-state index is 4.64.